The van der Waals surface area contributed by atoms with Crippen LogP contribution in [0.5, 0.6) is 0 Å². The molecule has 0 saturated heterocycles. The highest BCUT2D eigenvalue weighted by atomic mass is 16.3. The van der Waals surface area contributed by atoms with Crippen LogP contribution in [-0.4, -0.2) is 19.5 Å². The molecule has 234 valence electrons. The summed E-state index contributed by atoms with van der Waals surface area (Å²) >= 11 is 0. The Labute approximate surface area is 287 Å². The summed E-state index contributed by atoms with van der Waals surface area (Å²) in [5.74, 6) is 1.68. The van der Waals surface area contributed by atoms with Gasteiger partial charge in [-0.15, -0.1) is 0 Å². The van der Waals surface area contributed by atoms with Crippen LogP contribution >= 0.6 is 0 Å². The highest BCUT2D eigenvalue weighted by Gasteiger charge is 2.20. The lowest BCUT2D eigenvalue weighted by Gasteiger charge is -2.12. The van der Waals surface area contributed by atoms with Gasteiger partial charge in [0, 0.05) is 27.1 Å². The van der Waals surface area contributed by atoms with Crippen LogP contribution in [0, 0.1) is 0 Å². The van der Waals surface area contributed by atoms with Gasteiger partial charge < -0.3 is 4.42 Å². The number of hydrogen-bond acceptors (Lipinski definition) is 4. The summed E-state index contributed by atoms with van der Waals surface area (Å²) in [5.41, 5.74) is 9.92. The van der Waals surface area contributed by atoms with Gasteiger partial charge in [-0.05, 0) is 46.5 Å². The maximum atomic E-state index is 6.48. The Morgan fingerprint density at radius 3 is 1.76 bits per heavy atom. The topological polar surface area (TPSA) is 56.7 Å². The van der Waals surface area contributed by atoms with Gasteiger partial charge in [0.25, 0.3) is 0 Å². The maximum Gasteiger partial charge on any atom is 0.238 e. The van der Waals surface area contributed by atoms with Crippen molar-refractivity contribution in [1.29, 1.82) is 0 Å². The number of benzene rings is 7. The average molecular weight is 641 g/mol. The summed E-state index contributed by atoms with van der Waals surface area (Å²) < 4.78 is 8.65. The van der Waals surface area contributed by atoms with Crippen LogP contribution in [0.4, 0.5) is 0 Å². The summed E-state index contributed by atoms with van der Waals surface area (Å²) in [6.45, 7) is 0. The van der Waals surface area contributed by atoms with Crippen LogP contribution in [0.3, 0.4) is 0 Å². The summed E-state index contributed by atoms with van der Waals surface area (Å²) in [6.07, 6.45) is 0. The van der Waals surface area contributed by atoms with Crippen LogP contribution in [0.25, 0.3) is 94.7 Å². The number of fused-ring (bicyclic) bond motifs is 6. The lowest BCUT2D eigenvalue weighted by atomic mass is 10.0. The van der Waals surface area contributed by atoms with E-state index in [1.54, 1.807) is 0 Å². The molecule has 10 aromatic rings. The Bertz CT molecular complexity index is 2850. The van der Waals surface area contributed by atoms with E-state index in [1.807, 2.05) is 42.5 Å². The third-order valence-electron chi connectivity index (χ3n) is 9.50. The highest BCUT2D eigenvalue weighted by molar-refractivity contribution is 6.11. The molecule has 5 nitrogen and oxygen atoms in total. The predicted molar refractivity (Wildman–Crippen MR) is 203 cm³/mol. The zero-order valence-corrected chi connectivity index (χ0v) is 26.9. The third kappa shape index (κ3) is 4.60. The van der Waals surface area contributed by atoms with E-state index in [1.165, 1.54) is 0 Å². The lowest BCUT2D eigenvalue weighted by molar-refractivity contribution is 0.669. The SMILES string of the molecule is c1ccc(-c2ccc(-c3nc(-c4cccc5c4oc4ccccc45)nc(-n4c5ccccc5c5ccc(-c6ccccc6)cc54)n3)cc2)cc1. The molecule has 0 atom stereocenters. The van der Waals surface area contributed by atoms with E-state index in [-0.39, 0.29) is 0 Å². The minimum atomic E-state index is 0.543. The average Bonchev–Trinajstić information content (AvgIpc) is 3.74. The van der Waals surface area contributed by atoms with Crippen molar-refractivity contribution in [2.45, 2.75) is 0 Å². The van der Waals surface area contributed by atoms with E-state index >= 15 is 0 Å². The van der Waals surface area contributed by atoms with Gasteiger partial charge in [-0.1, -0.05) is 146 Å². The van der Waals surface area contributed by atoms with Crippen LogP contribution in [-0.2, 0) is 0 Å². The molecule has 0 unspecified atom stereocenters. The van der Waals surface area contributed by atoms with Gasteiger partial charge in [-0.2, -0.15) is 9.97 Å². The van der Waals surface area contributed by atoms with Crippen molar-refractivity contribution in [3.8, 4) is 51.0 Å². The number of nitrogens with zero attached hydrogens (tertiary/aromatic N) is 4. The standard InChI is InChI=1S/C45H28N4O/c1-3-12-29(13-4-1)31-22-24-32(25-23-31)43-46-44(38-19-11-18-37-36-17-8-10-21-41(36)50-42(37)38)48-45(47-43)49-39-20-9-7-16-34(39)35-27-26-33(28-40(35)49)30-14-5-2-6-15-30/h1-28H. The molecule has 0 amide bonds. The molecule has 0 N–H and O–H groups in total. The molecule has 0 radical (unpaired) electrons. The Morgan fingerprint density at radius 1 is 0.380 bits per heavy atom. The number of rotatable bonds is 5. The molecule has 0 spiro atoms. The molecule has 0 saturated carbocycles. The zero-order chi connectivity index (χ0) is 33.0. The van der Waals surface area contributed by atoms with Gasteiger partial charge in [0.2, 0.25) is 5.95 Å². The Morgan fingerprint density at radius 2 is 0.960 bits per heavy atom. The third-order valence-corrected chi connectivity index (χ3v) is 9.50. The minimum absolute atomic E-state index is 0.543. The van der Waals surface area contributed by atoms with Crippen molar-refractivity contribution in [2.75, 3.05) is 0 Å². The predicted octanol–water partition coefficient (Wildman–Crippen LogP) is 11.5. The first-order chi connectivity index (χ1) is 24.8. The van der Waals surface area contributed by atoms with Crippen LogP contribution in [0.2, 0.25) is 0 Å². The molecular weight excluding hydrogens is 613 g/mol. The van der Waals surface area contributed by atoms with Crippen molar-refractivity contribution < 1.29 is 4.42 Å². The molecule has 0 aliphatic heterocycles. The van der Waals surface area contributed by atoms with Gasteiger partial charge in [-0.25, -0.2) is 4.98 Å². The smallest absolute Gasteiger partial charge is 0.238 e. The van der Waals surface area contributed by atoms with E-state index in [9.17, 15) is 0 Å². The number of aromatic nitrogens is 4. The molecule has 50 heavy (non-hydrogen) atoms. The summed E-state index contributed by atoms with van der Waals surface area (Å²) in [6, 6.07) is 58.6. The van der Waals surface area contributed by atoms with Crippen molar-refractivity contribution in [3.05, 3.63) is 170 Å². The first kappa shape index (κ1) is 28.2. The van der Waals surface area contributed by atoms with Crippen molar-refractivity contribution in [3.63, 3.8) is 0 Å². The summed E-state index contributed by atoms with van der Waals surface area (Å²) in [5, 5.41) is 4.36. The molecular formula is C45H28N4O. The highest BCUT2D eigenvalue weighted by Crippen LogP contribution is 2.38. The largest absolute Gasteiger partial charge is 0.455 e. The van der Waals surface area contributed by atoms with Gasteiger partial charge in [0.15, 0.2) is 11.6 Å². The quantitative estimate of drug-likeness (QED) is 0.188. The lowest BCUT2D eigenvalue weighted by Crippen LogP contribution is -2.06. The van der Waals surface area contributed by atoms with Gasteiger partial charge in [0.05, 0.1) is 16.6 Å². The first-order valence-corrected chi connectivity index (χ1v) is 16.7. The zero-order valence-electron chi connectivity index (χ0n) is 26.9. The van der Waals surface area contributed by atoms with Crippen molar-refractivity contribution in [2.24, 2.45) is 0 Å². The summed E-state index contributed by atoms with van der Waals surface area (Å²) in [7, 11) is 0. The number of furan rings is 1. The number of para-hydroxylation sites is 3. The van der Waals surface area contributed by atoms with E-state index in [2.05, 4.69) is 132 Å². The first-order valence-electron chi connectivity index (χ1n) is 16.7. The van der Waals surface area contributed by atoms with Gasteiger partial charge in [0.1, 0.15) is 11.2 Å². The summed E-state index contributed by atoms with van der Waals surface area (Å²) in [4.78, 5) is 15.6. The van der Waals surface area contributed by atoms with Crippen LogP contribution < -0.4 is 0 Å². The molecule has 7 aromatic carbocycles. The normalized spacial score (nSPS) is 11.6. The maximum absolute atomic E-state index is 6.48. The molecule has 0 aliphatic carbocycles. The second-order valence-corrected chi connectivity index (χ2v) is 12.5. The molecule has 3 aromatic heterocycles. The van der Waals surface area contributed by atoms with E-state index in [4.69, 9.17) is 19.4 Å². The monoisotopic (exact) mass is 640 g/mol. The minimum Gasteiger partial charge on any atom is -0.455 e. The van der Waals surface area contributed by atoms with E-state index in [0.29, 0.717) is 17.6 Å². The molecule has 10 rings (SSSR count). The van der Waals surface area contributed by atoms with Crippen molar-refractivity contribution in [1.82, 2.24) is 19.5 Å². The molecule has 3 heterocycles. The molecule has 0 aliphatic rings. The van der Waals surface area contributed by atoms with Crippen molar-refractivity contribution >= 4 is 43.7 Å². The second-order valence-electron chi connectivity index (χ2n) is 12.5. The Balaban J connectivity index is 1.24. The van der Waals surface area contributed by atoms with Crippen LogP contribution in [0.15, 0.2) is 174 Å². The fraction of sp³-hybridized carbons (Fsp3) is 0. The second kappa shape index (κ2) is 11.4. The van der Waals surface area contributed by atoms with E-state index < -0.39 is 0 Å². The number of hydrogen-bond donors (Lipinski definition) is 0. The van der Waals surface area contributed by atoms with Gasteiger partial charge >= 0.3 is 0 Å². The van der Waals surface area contributed by atoms with Gasteiger partial charge in [-0.3, -0.25) is 4.57 Å². The fourth-order valence-electron chi connectivity index (χ4n) is 7.08. The molecule has 0 fully saturated rings. The Hall–Kier alpha value is -6.85. The fourth-order valence-corrected chi connectivity index (χ4v) is 7.08. The Kier molecular flexibility index (Phi) is 6.42. The van der Waals surface area contributed by atoms with E-state index in [0.717, 1.165) is 77.1 Å². The molecule has 5 heteroatoms. The van der Waals surface area contributed by atoms with Crippen LogP contribution in [0.1, 0.15) is 0 Å². The molecule has 0 bridgehead atoms.